The summed E-state index contributed by atoms with van der Waals surface area (Å²) in [7, 11) is 0. The molecule has 0 aliphatic carbocycles. The second kappa shape index (κ2) is 11.7. The Morgan fingerprint density at radius 3 is 1.52 bits per heavy atom. The van der Waals surface area contributed by atoms with Crippen molar-refractivity contribution in [2.24, 2.45) is 0 Å². The van der Waals surface area contributed by atoms with Gasteiger partial charge in [-0.3, -0.25) is 0 Å². The van der Waals surface area contributed by atoms with Gasteiger partial charge in [0.15, 0.2) is 0 Å². The molecule has 0 aliphatic rings. The molecule has 0 unspecified atom stereocenters. The molecule has 25 heavy (non-hydrogen) atoms. The van der Waals surface area contributed by atoms with E-state index in [4.69, 9.17) is 0 Å². The molecular weight excluding hydrogens is 304 g/mol. The number of hydrogen-bond acceptors (Lipinski definition) is 1. The zero-order chi connectivity index (χ0) is 17.7. The van der Waals surface area contributed by atoms with Crippen molar-refractivity contribution in [1.29, 1.82) is 0 Å². The smallest absolute Gasteiger partial charge is 0.115 e. The molecule has 136 valence electrons. The van der Waals surface area contributed by atoms with Gasteiger partial charge >= 0.3 is 0 Å². The van der Waals surface area contributed by atoms with Crippen LogP contribution in [0, 0.1) is 0 Å². The molecule has 0 fully saturated rings. The summed E-state index contributed by atoms with van der Waals surface area (Å²) in [6.07, 6.45) is 15.1. The Labute approximate surface area is 154 Å². The monoisotopic (exact) mass is 338 g/mol. The maximum Gasteiger partial charge on any atom is 0.115 e. The Hall–Kier alpha value is -1.76. The highest BCUT2D eigenvalue weighted by Crippen LogP contribution is 2.22. The van der Waals surface area contributed by atoms with E-state index in [1.807, 2.05) is 12.1 Å². The molecule has 2 aromatic rings. The summed E-state index contributed by atoms with van der Waals surface area (Å²) in [5.74, 6) is 0.321. The van der Waals surface area contributed by atoms with Gasteiger partial charge in [0, 0.05) is 0 Å². The maximum atomic E-state index is 9.37. The molecular formula is C24H34O. The van der Waals surface area contributed by atoms with E-state index >= 15 is 0 Å². The normalized spacial score (nSPS) is 10.9. The molecule has 0 amide bonds. The number of phenolic OH excluding ortho intramolecular Hbond substituents is 1. The number of unbranched alkanes of at least 4 members (excludes halogenated alkanes) is 9. The second-order valence-corrected chi connectivity index (χ2v) is 7.18. The predicted molar refractivity (Wildman–Crippen MR) is 109 cm³/mol. The van der Waals surface area contributed by atoms with Gasteiger partial charge in [-0.15, -0.1) is 0 Å². The molecule has 1 N–H and O–H groups in total. The van der Waals surface area contributed by atoms with Gasteiger partial charge < -0.3 is 5.11 Å². The van der Waals surface area contributed by atoms with E-state index in [0.717, 1.165) is 5.56 Å². The van der Waals surface area contributed by atoms with Crippen LogP contribution in [0.2, 0.25) is 0 Å². The van der Waals surface area contributed by atoms with Gasteiger partial charge in [0.05, 0.1) is 0 Å². The topological polar surface area (TPSA) is 20.2 Å². The SMILES string of the molecule is CCCCCCCCCCCCc1ccc(-c2ccc(O)cc2)cc1. The van der Waals surface area contributed by atoms with Crippen LogP contribution in [0.15, 0.2) is 48.5 Å². The van der Waals surface area contributed by atoms with Crippen LogP contribution in [-0.4, -0.2) is 5.11 Å². The third kappa shape index (κ3) is 7.77. The highest BCUT2D eigenvalue weighted by molar-refractivity contribution is 5.64. The summed E-state index contributed by atoms with van der Waals surface area (Å²) in [6, 6.07) is 16.3. The third-order valence-electron chi connectivity index (χ3n) is 4.97. The van der Waals surface area contributed by atoms with E-state index in [9.17, 15) is 5.11 Å². The number of rotatable bonds is 12. The van der Waals surface area contributed by atoms with Crippen molar-refractivity contribution in [3.8, 4) is 16.9 Å². The minimum atomic E-state index is 0.321. The Balaban J connectivity index is 1.58. The van der Waals surface area contributed by atoms with E-state index in [1.54, 1.807) is 12.1 Å². The number of aromatic hydroxyl groups is 1. The molecule has 0 atom stereocenters. The fourth-order valence-electron chi connectivity index (χ4n) is 3.33. The summed E-state index contributed by atoms with van der Waals surface area (Å²) < 4.78 is 0. The minimum absolute atomic E-state index is 0.321. The van der Waals surface area contributed by atoms with Gasteiger partial charge in [-0.05, 0) is 41.7 Å². The number of phenols is 1. The van der Waals surface area contributed by atoms with Crippen LogP contribution in [0.3, 0.4) is 0 Å². The maximum absolute atomic E-state index is 9.37. The Bertz CT molecular complexity index is 568. The first-order valence-electron chi connectivity index (χ1n) is 10.2. The van der Waals surface area contributed by atoms with Crippen molar-refractivity contribution >= 4 is 0 Å². The van der Waals surface area contributed by atoms with Gasteiger partial charge in [-0.25, -0.2) is 0 Å². The van der Waals surface area contributed by atoms with Gasteiger partial charge in [0.1, 0.15) is 5.75 Å². The first-order chi connectivity index (χ1) is 12.3. The molecule has 2 rings (SSSR count). The molecule has 0 spiro atoms. The van der Waals surface area contributed by atoms with Crippen molar-refractivity contribution < 1.29 is 5.11 Å². The lowest BCUT2D eigenvalue weighted by Gasteiger charge is -2.05. The van der Waals surface area contributed by atoms with Gasteiger partial charge in [-0.1, -0.05) is 101 Å². The molecule has 1 nitrogen and oxygen atoms in total. The number of aryl methyl sites for hydroxylation is 1. The molecule has 0 bridgehead atoms. The van der Waals surface area contributed by atoms with E-state index in [0.29, 0.717) is 5.75 Å². The summed E-state index contributed by atoms with van der Waals surface area (Å²) in [5, 5.41) is 9.37. The highest BCUT2D eigenvalue weighted by atomic mass is 16.3. The van der Waals surface area contributed by atoms with Crippen molar-refractivity contribution in [1.82, 2.24) is 0 Å². The van der Waals surface area contributed by atoms with Crippen LogP contribution in [-0.2, 0) is 6.42 Å². The first-order valence-corrected chi connectivity index (χ1v) is 10.2. The number of benzene rings is 2. The van der Waals surface area contributed by atoms with Gasteiger partial charge in [0.2, 0.25) is 0 Å². The van der Waals surface area contributed by atoms with Crippen LogP contribution in [0.4, 0.5) is 0 Å². The van der Waals surface area contributed by atoms with Crippen LogP contribution < -0.4 is 0 Å². The highest BCUT2D eigenvalue weighted by Gasteiger charge is 1.99. The second-order valence-electron chi connectivity index (χ2n) is 7.18. The van der Waals surface area contributed by atoms with Crippen molar-refractivity contribution in [2.45, 2.75) is 77.6 Å². The van der Waals surface area contributed by atoms with Gasteiger partial charge in [-0.2, -0.15) is 0 Å². The molecule has 0 heterocycles. The third-order valence-corrected chi connectivity index (χ3v) is 4.97. The van der Waals surface area contributed by atoms with E-state index in [1.165, 1.54) is 81.8 Å². The number of hydrogen-bond donors (Lipinski definition) is 1. The first kappa shape index (κ1) is 19.6. The lowest BCUT2D eigenvalue weighted by molar-refractivity contribution is 0.475. The molecule has 0 saturated heterocycles. The largest absolute Gasteiger partial charge is 0.508 e. The lowest BCUT2D eigenvalue weighted by Crippen LogP contribution is -1.87. The predicted octanol–water partition coefficient (Wildman–Crippen LogP) is 7.52. The fraction of sp³-hybridized carbons (Fsp3) is 0.500. The molecule has 0 radical (unpaired) electrons. The van der Waals surface area contributed by atoms with Crippen LogP contribution in [0.1, 0.15) is 76.7 Å². The van der Waals surface area contributed by atoms with Crippen LogP contribution in [0.5, 0.6) is 5.75 Å². The molecule has 1 heteroatoms. The average Bonchev–Trinajstić information content (AvgIpc) is 2.64. The van der Waals surface area contributed by atoms with Crippen LogP contribution >= 0.6 is 0 Å². The summed E-state index contributed by atoms with van der Waals surface area (Å²) in [4.78, 5) is 0. The van der Waals surface area contributed by atoms with E-state index in [2.05, 4.69) is 31.2 Å². The Morgan fingerprint density at radius 1 is 0.560 bits per heavy atom. The lowest BCUT2D eigenvalue weighted by atomic mass is 10.0. The molecule has 0 aromatic heterocycles. The van der Waals surface area contributed by atoms with Crippen molar-refractivity contribution in [2.75, 3.05) is 0 Å². The summed E-state index contributed by atoms with van der Waals surface area (Å²) >= 11 is 0. The quantitative estimate of drug-likeness (QED) is 0.397. The molecule has 0 saturated carbocycles. The Morgan fingerprint density at radius 2 is 1.00 bits per heavy atom. The van der Waals surface area contributed by atoms with Crippen molar-refractivity contribution in [3.63, 3.8) is 0 Å². The zero-order valence-electron chi connectivity index (χ0n) is 15.8. The average molecular weight is 339 g/mol. The standard InChI is InChI=1S/C24H34O/c1-2-3-4-5-6-7-8-9-10-11-12-21-13-15-22(16-14-21)23-17-19-24(25)20-18-23/h13-20,25H,2-12H2,1H3. The van der Waals surface area contributed by atoms with E-state index < -0.39 is 0 Å². The van der Waals surface area contributed by atoms with Crippen LogP contribution in [0.25, 0.3) is 11.1 Å². The summed E-state index contributed by atoms with van der Waals surface area (Å²) in [5.41, 5.74) is 3.80. The van der Waals surface area contributed by atoms with E-state index in [-0.39, 0.29) is 0 Å². The molecule has 0 aliphatic heterocycles. The molecule has 2 aromatic carbocycles. The summed E-state index contributed by atoms with van der Waals surface area (Å²) in [6.45, 7) is 2.28. The Kier molecular flexibility index (Phi) is 9.18. The zero-order valence-corrected chi connectivity index (χ0v) is 15.8. The van der Waals surface area contributed by atoms with Crippen molar-refractivity contribution in [3.05, 3.63) is 54.1 Å². The van der Waals surface area contributed by atoms with Gasteiger partial charge in [0.25, 0.3) is 0 Å². The fourth-order valence-corrected chi connectivity index (χ4v) is 3.33. The minimum Gasteiger partial charge on any atom is -0.508 e.